The van der Waals surface area contributed by atoms with Crippen LogP contribution in [0.3, 0.4) is 0 Å². The van der Waals surface area contributed by atoms with E-state index in [1.54, 1.807) is 13.1 Å². The van der Waals surface area contributed by atoms with Crippen LogP contribution in [-0.2, 0) is 20.8 Å². The maximum absolute atomic E-state index is 12.5. The van der Waals surface area contributed by atoms with Gasteiger partial charge in [0.15, 0.2) is 0 Å². The van der Waals surface area contributed by atoms with Crippen LogP contribution in [0, 0.1) is 5.92 Å². The van der Waals surface area contributed by atoms with Crippen molar-refractivity contribution in [3.63, 3.8) is 0 Å². The molecule has 0 bridgehead atoms. The predicted octanol–water partition coefficient (Wildman–Crippen LogP) is 1.31. The number of imide groups is 1. The van der Waals surface area contributed by atoms with Crippen LogP contribution in [0.5, 0.6) is 0 Å². The molecule has 2 N–H and O–H groups in total. The third kappa shape index (κ3) is 4.58. The second-order valence-corrected chi connectivity index (χ2v) is 6.86. The summed E-state index contributed by atoms with van der Waals surface area (Å²) < 4.78 is 1.49. The Morgan fingerprint density at radius 3 is 2.74 bits per heavy atom. The van der Waals surface area contributed by atoms with Gasteiger partial charge >= 0.3 is 0 Å². The van der Waals surface area contributed by atoms with Crippen molar-refractivity contribution < 1.29 is 14.4 Å². The van der Waals surface area contributed by atoms with Crippen molar-refractivity contribution in [2.45, 2.75) is 45.2 Å². The molecule has 1 aliphatic rings. The SMILES string of the molecule is CC(C(=O)N[C@H](C)c1ccccc1)n1cc(CC2CCC(=O)NC2=O)nn1. The van der Waals surface area contributed by atoms with Crippen LogP contribution in [-0.4, -0.2) is 32.7 Å². The van der Waals surface area contributed by atoms with Gasteiger partial charge in [-0.2, -0.15) is 0 Å². The Morgan fingerprint density at radius 1 is 1.30 bits per heavy atom. The molecule has 0 spiro atoms. The first kappa shape index (κ1) is 18.8. The fraction of sp³-hybridized carbons (Fsp3) is 0.421. The molecular weight excluding hydrogens is 346 g/mol. The lowest BCUT2D eigenvalue weighted by molar-refractivity contribution is -0.136. The molecule has 142 valence electrons. The minimum atomic E-state index is -0.529. The van der Waals surface area contributed by atoms with E-state index in [2.05, 4.69) is 20.9 Å². The van der Waals surface area contributed by atoms with Crippen molar-refractivity contribution in [1.29, 1.82) is 0 Å². The Balaban J connectivity index is 1.59. The zero-order valence-electron chi connectivity index (χ0n) is 15.4. The summed E-state index contributed by atoms with van der Waals surface area (Å²) in [6, 6.07) is 9.07. The number of amides is 3. The number of carbonyl (C=O) groups is 3. The number of piperidine rings is 1. The van der Waals surface area contributed by atoms with E-state index in [4.69, 9.17) is 0 Å². The number of nitrogens with one attached hydrogen (secondary N) is 2. The van der Waals surface area contributed by atoms with Crippen LogP contribution in [0.1, 0.15) is 50.0 Å². The monoisotopic (exact) mass is 369 g/mol. The molecule has 1 saturated heterocycles. The topological polar surface area (TPSA) is 106 Å². The molecule has 2 aromatic rings. The summed E-state index contributed by atoms with van der Waals surface area (Å²) in [6.45, 7) is 3.67. The highest BCUT2D eigenvalue weighted by Gasteiger charge is 2.28. The van der Waals surface area contributed by atoms with Gasteiger partial charge in [0, 0.05) is 25.0 Å². The zero-order valence-corrected chi connectivity index (χ0v) is 15.4. The third-order valence-electron chi connectivity index (χ3n) is 4.80. The maximum Gasteiger partial charge on any atom is 0.245 e. The van der Waals surface area contributed by atoms with Gasteiger partial charge in [-0.3, -0.25) is 19.7 Å². The van der Waals surface area contributed by atoms with Crippen LogP contribution in [0.4, 0.5) is 0 Å². The third-order valence-corrected chi connectivity index (χ3v) is 4.80. The normalized spacial score (nSPS) is 19.3. The van der Waals surface area contributed by atoms with Gasteiger partial charge in [0.2, 0.25) is 17.7 Å². The average molecular weight is 369 g/mol. The lowest BCUT2D eigenvalue weighted by Gasteiger charge is -2.19. The van der Waals surface area contributed by atoms with Crippen molar-refractivity contribution in [3.8, 4) is 0 Å². The van der Waals surface area contributed by atoms with Gasteiger partial charge < -0.3 is 5.32 Å². The van der Waals surface area contributed by atoms with Crippen LogP contribution in [0.25, 0.3) is 0 Å². The lowest BCUT2D eigenvalue weighted by atomic mass is 9.94. The molecule has 2 unspecified atom stereocenters. The second-order valence-electron chi connectivity index (χ2n) is 6.86. The number of rotatable bonds is 6. The molecule has 1 fully saturated rings. The molecule has 1 aliphatic heterocycles. The van der Waals surface area contributed by atoms with Gasteiger partial charge in [0.1, 0.15) is 6.04 Å². The van der Waals surface area contributed by atoms with Gasteiger partial charge in [0.25, 0.3) is 0 Å². The molecule has 3 rings (SSSR count). The minimum absolute atomic E-state index is 0.118. The molecule has 27 heavy (non-hydrogen) atoms. The van der Waals surface area contributed by atoms with Gasteiger partial charge in [0.05, 0.1) is 11.7 Å². The Kier molecular flexibility index (Phi) is 5.63. The van der Waals surface area contributed by atoms with E-state index in [0.717, 1.165) is 5.56 Å². The van der Waals surface area contributed by atoms with Crippen LogP contribution < -0.4 is 10.6 Å². The van der Waals surface area contributed by atoms with Crippen LogP contribution in [0.2, 0.25) is 0 Å². The van der Waals surface area contributed by atoms with Crippen molar-refractivity contribution in [1.82, 2.24) is 25.6 Å². The van der Waals surface area contributed by atoms with E-state index in [-0.39, 0.29) is 29.7 Å². The molecule has 0 saturated carbocycles. The molecule has 0 radical (unpaired) electrons. The summed E-state index contributed by atoms with van der Waals surface area (Å²) in [5.74, 6) is -0.972. The Morgan fingerprint density at radius 2 is 2.04 bits per heavy atom. The molecular formula is C19H23N5O3. The zero-order chi connectivity index (χ0) is 19.4. The largest absolute Gasteiger partial charge is 0.348 e. The average Bonchev–Trinajstić information content (AvgIpc) is 3.12. The number of carbonyl (C=O) groups excluding carboxylic acids is 3. The van der Waals surface area contributed by atoms with Gasteiger partial charge in [-0.25, -0.2) is 4.68 Å². The van der Waals surface area contributed by atoms with E-state index in [9.17, 15) is 14.4 Å². The summed E-state index contributed by atoms with van der Waals surface area (Å²) in [5, 5.41) is 13.4. The molecule has 3 amide bonds. The van der Waals surface area contributed by atoms with Gasteiger partial charge in [-0.15, -0.1) is 5.10 Å². The first-order chi connectivity index (χ1) is 12.9. The van der Waals surface area contributed by atoms with Crippen molar-refractivity contribution in [2.75, 3.05) is 0 Å². The molecule has 8 heteroatoms. The van der Waals surface area contributed by atoms with Gasteiger partial charge in [-0.1, -0.05) is 35.5 Å². The summed E-state index contributed by atoms with van der Waals surface area (Å²) in [4.78, 5) is 35.6. The number of hydrogen-bond donors (Lipinski definition) is 2. The number of nitrogens with zero attached hydrogens (tertiary/aromatic N) is 3. The summed E-state index contributed by atoms with van der Waals surface area (Å²) in [7, 11) is 0. The van der Waals surface area contributed by atoms with E-state index in [1.165, 1.54) is 4.68 Å². The quantitative estimate of drug-likeness (QED) is 0.747. The second kappa shape index (κ2) is 8.11. The minimum Gasteiger partial charge on any atom is -0.348 e. The lowest BCUT2D eigenvalue weighted by Crippen LogP contribution is -2.41. The van der Waals surface area contributed by atoms with E-state index in [0.29, 0.717) is 25.0 Å². The number of benzene rings is 1. The van der Waals surface area contributed by atoms with Crippen LogP contribution in [0.15, 0.2) is 36.5 Å². The highest BCUT2D eigenvalue weighted by atomic mass is 16.2. The number of aromatic nitrogens is 3. The van der Waals surface area contributed by atoms with Gasteiger partial charge in [-0.05, 0) is 25.8 Å². The molecule has 8 nitrogen and oxygen atoms in total. The van der Waals surface area contributed by atoms with E-state index >= 15 is 0 Å². The maximum atomic E-state index is 12.5. The fourth-order valence-electron chi connectivity index (χ4n) is 3.06. The van der Waals surface area contributed by atoms with Crippen molar-refractivity contribution >= 4 is 17.7 Å². The summed E-state index contributed by atoms with van der Waals surface area (Å²) >= 11 is 0. The van der Waals surface area contributed by atoms with Crippen molar-refractivity contribution in [2.24, 2.45) is 5.92 Å². The standard InChI is InChI=1S/C19H23N5O3/c1-12(14-6-4-3-5-7-14)20-18(26)13(2)24-11-16(22-23-24)10-15-8-9-17(25)21-19(15)27/h3-7,11-13,15H,8-10H2,1-2H3,(H,20,26)(H,21,25,27)/t12-,13?,15?/m1/s1. The van der Waals surface area contributed by atoms with E-state index in [1.807, 2.05) is 37.3 Å². The fourth-order valence-corrected chi connectivity index (χ4v) is 3.06. The molecule has 0 aliphatic carbocycles. The first-order valence-corrected chi connectivity index (χ1v) is 9.03. The van der Waals surface area contributed by atoms with Crippen molar-refractivity contribution in [3.05, 3.63) is 47.8 Å². The highest BCUT2D eigenvalue weighted by molar-refractivity contribution is 5.98. The molecule has 1 aromatic carbocycles. The Hall–Kier alpha value is -3.03. The first-order valence-electron chi connectivity index (χ1n) is 9.03. The highest BCUT2D eigenvalue weighted by Crippen LogP contribution is 2.18. The molecule has 1 aromatic heterocycles. The smallest absolute Gasteiger partial charge is 0.245 e. The Labute approximate surface area is 157 Å². The van der Waals surface area contributed by atoms with Crippen LogP contribution >= 0.6 is 0 Å². The molecule has 3 atom stereocenters. The summed E-state index contributed by atoms with van der Waals surface area (Å²) in [5.41, 5.74) is 1.65. The molecule has 2 heterocycles. The summed E-state index contributed by atoms with van der Waals surface area (Å²) in [6.07, 6.45) is 2.91. The number of hydrogen-bond acceptors (Lipinski definition) is 5. The van der Waals surface area contributed by atoms with E-state index < -0.39 is 6.04 Å². The Bertz CT molecular complexity index is 833. The predicted molar refractivity (Wildman–Crippen MR) is 97.3 cm³/mol.